The Bertz CT molecular complexity index is 1220. The largest absolute Gasteiger partial charge is 0.348 e. The zero-order chi connectivity index (χ0) is 21.6. The molecule has 0 bridgehead atoms. The average Bonchev–Trinajstić information content (AvgIpc) is 3.32. The Morgan fingerprint density at radius 2 is 1.74 bits per heavy atom. The molecule has 0 radical (unpaired) electrons. The van der Waals surface area contributed by atoms with E-state index in [2.05, 4.69) is 36.5 Å². The highest BCUT2D eigenvalue weighted by Gasteiger charge is 2.11. The van der Waals surface area contributed by atoms with Gasteiger partial charge in [-0.25, -0.2) is 9.97 Å². The van der Waals surface area contributed by atoms with Crippen LogP contribution in [0.15, 0.2) is 90.1 Å². The summed E-state index contributed by atoms with van der Waals surface area (Å²) >= 11 is 3.36. The summed E-state index contributed by atoms with van der Waals surface area (Å²) in [6, 6.07) is 17.6. The first kappa shape index (κ1) is 20.5. The third-order valence-corrected chi connectivity index (χ3v) is 5.02. The summed E-state index contributed by atoms with van der Waals surface area (Å²) in [5.41, 5.74) is 2.36. The number of anilines is 1. The molecule has 2 amide bonds. The molecule has 2 heterocycles. The van der Waals surface area contributed by atoms with E-state index in [-0.39, 0.29) is 11.8 Å². The standard InChI is InChI=1S/C23H18BrN5O2/c24-19-7-1-4-16(12-19)23(31)28-20-8-2-5-17(13-20)22(30)27-14-18-6-3-9-26-21(18)29-11-10-25-15-29/h1-13,15H,14H2,(H,27,30)(H,28,31). The van der Waals surface area contributed by atoms with Gasteiger partial charge in [-0.05, 0) is 42.5 Å². The van der Waals surface area contributed by atoms with Crippen LogP contribution < -0.4 is 10.6 Å². The minimum absolute atomic E-state index is 0.251. The van der Waals surface area contributed by atoms with Crippen molar-refractivity contribution in [2.75, 3.05) is 5.32 Å². The number of halogens is 1. The quantitative estimate of drug-likeness (QED) is 0.437. The lowest BCUT2D eigenvalue weighted by Crippen LogP contribution is -2.24. The van der Waals surface area contributed by atoms with E-state index in [4.69, 9.17) is 0 Å². The van der Waals surface area contributed by atoms with Crippen LogP contribution >= 0.6 is 15.9 Å². The van der Waals surface area contributed by atoms with Crippen molar-refractivity contribution in [3.8, 4) is 5.82 Å². The number of benzene rings is 2. The maximum Gasteiger partial charge on any atom is 0.255 e. The van der Waals surface area contributed by atoms with Crippen LogP contribution in [0.2, 0.25) is 0 Å². The number of hydrogen-bond acceptors (Lipinski definition) is 4. The van der Waals surface area contributed by atoms with E-state index in [0.717, 1.165) is 10.0 Å². The minimum Gasteiger partial charge on any atom is -0.348 e. The van der Waals surface area contributed by atoms with Crippen molar-refractivity contribution in [3.63, 3.8) is 0 Å². The van der Waals surface area contributed by atoms with Gasteiger partial charge in [-0.15, -0.1) is 0 Å². The minimum atomic E-state index is -0.251. The predicted molar refractivity (Wildman–Crippen MR) is 121 cm³/mol. The third-order valence-electron chi connectivity index (χ3n) is 4.53. The summed E-state index contributed by atoms with van der Waals surface area (Å²) in [7, 11) is 0. The first-order valence-corrected chi connectivity index (χ1v) is 10.3. The molecule has 154 valence electrons. The van der Waals surface area contributed by atoms with Gasteiger partial charge in [0.2, 0.25) is 0 Å². The molecule has 0 saturated heterocycles. The summed E-state index contributed by atoms with van der Waals surface area (Å²) in [6.45, 7) is 0.300. The zero-order valence-corrected chi connectivity index (χ0v) is 17.9. The van der Waals surface area contributed by atoms with E-state index < -0.39 is 0 Å². The summed E-state index contributed by atoms with van der Waals surface area (Å²) in [4.78, 5) is 33.6. The van der Waals surface area contributed by atoms with Crippen LogP contribution in [0.25, 0.3) is 5.82 Å². The number of carbonyl (C=O) groups is 2. The van der Waals surface area contributed by atoms with Gasteiger partial charge in [0.15, 0.2) is 0 Å². The van der Waals surface area contributed by atoms with Crippen LogP contribution in [0.5, 0.6) is 0 Å². The third kappa shape index (κ3) is 5.04. The van der Waals surface area contributed by atoms with Gasteiger partial charge in [0.05, 0.1) is 0 Å². The lowest BCUT2D eigenvalue weighted by atomic mass is 10.1. The van der Waals surface area contributed by atoms with Crippen molar-refractivity contribution in [1.29, 1.82) is 0 Å². The van der Waals surface area contributed by atoms with Crippen molar-refractivity contribution in [1.82, 2.24) is 19.9 Å². The van der Waals surface area contributed by atoms with E-state index in [1.165, 1.54) is 0 Å². The molecule has 2 aromatic carbocycles. The van der Waals surface area contributed by atoms with Gasteiger partial charge in [-0.3, -0.25) is 14.2 Å². The molecule has 0 unspecified atom stereocenters. The van der Waals surface area contributed by atoms with Gasteiger partial charge in [-0.1, -0.05) is 34.1 Å². The summed E-state index contributed by atoms with van der Waals surface area (Å²) in [5.74, 6) is 0.202. The van der Waals surface area contributed by atoms with Crippen molar-refractivity contribution < 1.29 is 9.59 Å². The zero-order valence-electron chi connectivity index (χ0n) is 16.3. The Labute approximate surface area is 187 Å². The number of aromatic nitrogens is 3. The molecule has 2 N–H and O–H groups in total. The fraction of sp³-hybridized carbons (Fsp3) is 0.0435. The number of nitrogens with zero attached hydrogens (tertiary/aromatic N) is 3. The molecule has 7 nitrogen and oxygen atoms in total. The Morgan fingerprint density at radius 3 is 2.52 bits per heavy atom. The maximum absolute atomic E-state index is 12.7. The van der Waals surface area contributed by atoms with Crippen molar-refractivity contribution in [2.45, 2.75) is 6.54 Å². The Hall–Kier alpha value is -3.78. The molecule has 0 aliphatic carbocycles. The average molecular weight is 476 g/mol. The second kappa shape index (κ2) is 9.36. The van der Waals surface area contributed by atoms with Crippen molar-refractivity contribution in [2.24, 2.45) is 0 Å². The van der Waals surface area contributed by atoms with Crippen molar-refractivity contribution in [3.05, 3.63) is 107 Å². The molecular weight excluding hydrogens is 458 g/mol. The SMILES string of the molecule is O=C(NCc1cccnc1-n1ccnc1)c1cccc(NC(=O)c2cccc(Br)c2)c1. The molecular formula is C23H18BrN5O2. The second-order valence-corrected chi connectivity index (χ2v) is 7.60. The summed E-state index contributed by atoms with van der Waals surface area (Å²) in [5, 5.41) is 5.73. The fourth-order valence-electron chi connectivity index (χ4n) is 3.03. The van der Waals surface area contributed by atoms with E-state index in [9.17, 15) is 9.59 Å². The summed E-state index contributed by atoms with van der Waals surface area (Å²) < 4.78 is 2.61. The first-order valence-electron chi connectivity index (χ1n) is 9.47. The number of carbonyl (C=O) groups excluding carboxylic acids is 2. The number of imidazole rings is 1. The highest BCUT2D eigenvalue weighted by Crippen LogP contribution is 2.16. The molecule has 0 aliphatic heterocycles. The number of pyridine rings is 1. The molecule has 0 atom stereocenters. The number of rotatable bonds is 6. The van der Waals surface area contributed by atoms with Gasteiger partial charge in [0.1, 0.15) is 12.1 Å². The van der Waals surface area contributed by atoms with Crippen LogP contribution in [-0.2, 0) is 6.54 Å². The first-order chi connectivity index (χ1) is 15.1. The molecule has 2 aromatic heterocycles. The van der Waals surface area contributed by atoms with E-state index in [1.54, 1.807) is 71.9 Å². The predicted octanol–water partition coefficient (Wildman–Crippen LogP) is 4.21. The van der Waals surface area contributed by atoms with E-state index >= 15 is 0 Å². The molecule has 8 heteroatoms. The van der Waals surface area contributed by atoms with Crippen LogP contribution in [0.4, 0.5) is 5.69 Å². The molecule has 31 heavy (non-hydrogen) atoms. The highest BCUT2D eigenvalue weighted by molar-refractivity contribution is 9.10. The van der Waals surface area contributed by atoms with Gasteiger partial charge in [-0.2, -0.15) is 0 Å². The smallest absolute Gasteiger partial charge is 0.255 e. The Morgan fingerprint density at radius 1 is 0.935 bits per heavy atom. The summed E-state index contributed by atoms with van der Waals surface area (Å²) in [6.07, 6.45) is 6.82. The molecule has 0 saturated carbocycles. The maximum atomic E-state index is 12.7. The van der Waals surface area contributed by atoms with Gasteiger partial charge in [0, 0.05) is 52.0 Å². The highest BCUT2D eigenvalue weighted by atomic mass is 79.9. The van der Waals surface area contributed by atoms with Crippen LogP contribution in [0.1, 0.15) is 26.3 Å². The van der Waals surface area contributed by atoms with Crippen molar-refractivity contribution >= 4 is 33.4 Å². The second-order valence-electron chi connectivity index (χ2n) is 6.68. The topological polar surface area (TPSA) is 88.9 Å². The van der Waals surface area contributed by atoms with Gasteiger partial charge < -0.3 is 10.6 Å². The van der Waals surface area contributed by atoms with Gasteiger partial charge >= 0.3 is 0 Å². The van der Waals surface area contributed by atoms with Crippen LogP contribution in [0, 0.1) is 0 Å². The molecule has 4 aromatic rings. The molecule has 0 spiro atoms. The monoisotopic (exact) mass is 475 g/mol. The molecule has 4 rings (SSSR count). The number of nitrogens with one attached hydrogen (secondary N) is 2. The Balaban J connectivity index is 1.44. The number of amides is 2. The van der Waals surface area contributed by atoms with E-state index in [0.29, 0.717) is 29.2 Å². The lowest BCUT2D eigenvalue weighted by Gasteiger charge is -2.11. The molecule has 0 fully saturated rings. The molecule has 0 aliphatic rings. The Kier molecular flexibility index (Phi) is 6.18. The van der Waals surface area contributed by atoms with Crippen LogP contribution in [-0.4, -0.2) is 26.3 Å². The van der Waals surface area contributed by atoms with Crippen LogP contribution in [0.3, 0.4) is 0 Å². The number of hydrogen-bond donors (Lipinski definition) is 2. The normalized spacial score (nSPS) is 10.5. The fourth-order valence-corrected chi connectivity index (χ4v) is 3.43. The van der Waals surface area contributed by atoms with Gasteiger partial charge in [0.25, 0.3) is 11.8 Å². The lowest BCUT2D eigenvalue weighted by molar-refractivity contribution is 0.0949. The van der Waals surface area contributed by atoms with E-state index in [1.807, 2.05) is 18.2 Å².